The van der Waals surface area contributed by atoms with E-state index in [4.69, 9.17) is 4.74 Å². The molecule has 0 bridgehead atoms. The highest BCUT2D eigenvalue weighted by molar-refractivity contribution is 5.34. The van der Waals surface area contributed by atoms with Gasteiger partial charge in [-0.25, -0.2) is 0 Å². The van der Waals surface area contributed by atoms with Crippen molar-refractivity contribution in [1.82, 2.24) is 5.32 Å². The third-order valence-electron chi connectivity index (χ3n) is 4.28. The number of benzene rings is 2. The molecule has 1 saturated carbocycles. The van der Waals surface area contributed by atoms with Crippen LogP contribution in [0.1, 0.15) is 43.2 Å². The Kier molecular flexibility index (Phi) is 5.12. The van der Waals surface area contributed by atoms with Gasteiger partial charge in [-0.05, 0) is 36.1 Å². The number of unbranched alkanes of at least 4 members (excludes halogenated alkanes) is 1. The summed E-state index contributed by atoms with van der Waals surface area (Å²) in [7, 11) is 0. The second-order valence-corrected chi connectivity index (χ2v) is 6.09. The van der Waals surface area contributed by atoms with E-state index in [0.29, 0.717) is 12.0 Å². The van der Waals surface area contributed by atoms with E-state index in [0.717, 1.165) is 25.3 Å². The van der Waals surface area contributed by atoms with Gasteiger partial charge in [0.1, 0.15) is 5.75 Å². The summed E-state index contributed by atoms with van der Waals surface area (Å²) in [4.78, 5) is 0. The number of rotatable bonds is 8. The van der Waals surface area contributed by atoms with Crippen LogP contribution in [-0.2, 0) is 6.54 Å². The minimum Gasteiger partial charge on any atom is -0.494 e. The molecular weight excluding hydrogens is 270 g/mol. The first-order chi connectivity index (χ1) is 10.9. The van der Waals surface area contributed by atoms with Gasteiger partial charge < -0.3 is 10.1 Å². The SMILES string of the molecule is CCCCOc1ccc(C2C[C@@H]2NCc2ccccc2)cc1. The molecule has 2 nitrogen and oxygen atoms in total. The molecule has 0 saturated heterocycles. The molecule has 2 atom stereocenters. The van der Waals surface area contributed by atoms with Crippen LogP contribution in [0, 0.1) is 0 Å². The Balaban J connectivity index is 1.45. The second kappa shape index (κ2) is 7.46. The van der Waals surface area contributed by atoms with Crippen LogP contribution in [0.2, 0.25) is 0 Å². The van der Waals surface area contributed by atoms with Gasteiger partial charge in [-0.2, -0.15) is 0 Å². The summed E-state index contributed by atoms with van der Waals surface area (Å²) in [5, 5.41) is 3.65. The van der Waals surface area contributed by atoms with Crippen LogP contribution in [0.15, 0.2) is 54.6 Å². The zero-order valence-corrected chi connectivity index (χ0v) is 13.3. The number of nitrogens with one attached hydrogen (secondary N) is 1. The van der Waals surface area contributed by atoms with E-state index in [1.165, 1.54) is 24.0 Å². The second-order valence-electron chi connectivity index (χ2n) is 6.09. The molecule has 0 heterocycles. The average molecular weight is 295 g/mol. The van der Waals surface area contributed by atoms with E-state index in [1.54, 1.807) is 0 Å². The largest absolute Gasteiger partial charge is 0.494 e. The zero-order valence-electron chi connectivity index (χ0n) is 13.3. The Morgan fingerprint density at radius 2 is 1.82 bits per heavy atom. The van der Waals surface area contributed by atoms with Crippen molar-refractivity contribution in [2.45, 2.75) is 44.7 Å². The van der Waals surface area contributed by atoms with E-state index in [2.05, 4.69) is 66.8 Å². The van der Waals surface area contributed by atoms with Crippen molar-refractivity contribution in [3.63, 3.8) is 0 Å². The Morgan fingerprint density at radius 1 is 1.05 bits per heavy atom. The van der Waals surface area contributed by atoms with Crippen LogP contribution in [0.3, 0.4) is 0 Å². The maximum Gasteiger partial charge on any atom is 0.119 e. The van der Waals surface area contributed by atoms with Crippen molar-refractivity contribution < 1.29 is 4.74 Å². The average Bonchev–Trinajstić information content (AvgIpc) is 3.35. The summed E-state index contributed by atoms with van der Waals surface area (Å²) in [5.41, 5.74) is 2.78. The fourth-order valence-electron chi connectivity index (χ4n) is 2.78. The van der Waals surface area contributed by atoms with Crippen molar-refractivity contribution in [2.75, 3.05) is 6.61 Å². The molecule has 0 aromatic heterocycles. The lowest BCUT2D eigenvalue weighted by atomic mass is 10.1. The Bertz CT molecular complexity index is 564. The first-order valence-electron chi connectivity index (χ1n) is 8.37. The first-order valence-corrected chi connectivity index (χ1v) is 8.37. The van der Waals surface area contributed by atoms with E-state index in [-0.39, 0.29) is 0 Å². The third kappa shape index (κ3) is 4.11. The van der Waals surface area contributed by atoms with Crippen LogP contribution in [0.5, 0.6) is 5.75 Å². The predicted molar refractivity (Wildman–Crippen MR) is 91.3 cm³/mol. The van der Waals surface area contributed by atoms with Crippen molar-refractivity contribution in [3.05, 3.63) is 65.7 Å². The van der Waals surface area contributed by atoms with E-state index < -0.39 is 0 Å². The molecule has 1 N–H and O–H groups in total. The van der Waals surface area contributed by atoms with E-state index in [1.807, 2.05) is 0 Å². The quantitative estimate of drug-likeness (QED) is 0.723. The highest BCUT2D eigenvalue weighted by Gasteiger charge is 2.37. The summed E-state index contributed by atoms with van der Waals surface area (Å²) in [6.07, 6.45) is 3.54. The van der Waals surface area contributed by atoms with Gasteiger partial charge in [0, 0.05) is 18.5 Å². The monoisotopic (exact) mass is 295 g/mol. The van der Waals surface area contributed by atoms with E-state index >= 15 is 0 Å². The van der Waals surface area contributed by atoms with Gasteiger partial charge in [0.25, 0.3) is 0 Å². The number of hydrogen-bond donors (Lipinski definition) is 1. The fourth-order valence-corrected chi connectivity index (χ4v) is 2.78. The number of hydrogen-bond acceptors (Lipinski definition) is 2. The molecule has 0 spiro atoms. The maximum atomic E-state index is 5.72. The molecule has 1 fully saturated rings. The van der Waals surface area contributed by atoms with Gasteiger partial charge in [-0.15, -0.1) is 0 Å². The lowest BCUT2D eigenvalue weighted by Gasteiger charge is -2.07. The normalized spacial score (nSPS) is 19.9. The summed E-state index contributed by atoms with van der Waals surface area (Å²) < 4.78 is 5.72. The molecule has 22 heavy (non-hydrogen) atoms. The first kappa shape index (κ1) is 15.1. The van der Waals surface area contributed by atoms with E-state index in [9.17, 15) is 0 Å². The predicted octanol–water partition coefficient (Wildman–Crippen LogP) is 4.51. The Hall–Kier alpha value is -1.80. The zero-order chi connectivity index (χ0) is 15.2. The summed E-state index contributed by atoms with van der Waals surface area (Å²) >= 11 is 0. The third-order valence-corrected chi connectivity index (χ3v) is 4.28. The molecule has 0 radical (unpaired) electrons. The van der Waals surface area contributed by atoms with Gasteiger partial charge in [-0.1, -0.05) is 55.8 Å². The highest BCUT2D eigenvalue weighted by atomic mass is 16.5. The van der Waals surface area contributed by atoms with Crippen molar-refractivity contribution >= 4 is 0 Å². The van der Waals surface area contributed by atoms with Gasteiger partial charge in [0.2, 0.25) is 0 Å². The summed E-state index contributed by atoms with van der Waals surface area (Å²) in [5.74, 6) is 1.65. The van der Waals surface area contributed by atoms with Crippen LogP contribution in [0.4, 0.5) is 0 Å². The van der Waals surface area contributed by atoms with Crippen molar-refractivity contribution in [2.24, 2.45) is 0 Å². The highest BCUT2D eigenvalue weighted by Crippen LogP contribution is 2.41. The lowest BCUT2D eigenvalue weighted by Crippen LogP contribution is -2.17. The summed E-state index contributed by atoms with van der Waals surface area (Å²) in [6.45, 7) is 3.96. The molecule has 1 unspecified atom stereocenters. The van der Waals surface area contributed by atoms with Gasteiger partial charge in [0.15, 0.2) is 0 Å². The molecule has 2 aromatic rings. The molecule has 1 aliphatic rings. The maximum absolute atomic E-state index is 5.72. The Labute approximate surface area is 133 Å². The fraction of sp³-hybridized carbons (Fsp3) is 0.400. The molecular formula is C20H25NO. The van der Waals surface area contributed by atoms with Crippen LogP contribution in [0.25, 0.3) is 0 Å². The van der Waals surface area contributed by atoms with Crippen LogP contribution >= 0.6 is 0 Å². The lowest BCUT2D eigenvalue weighted by molar-refractivity contribution is 0.309. The summed E-state index contributed by atoms with van der Waals surface area (Å²) in [6, 6.07) is 19.9. The number of ether oxygens (including phenoxy) is 1. The van der Waals surface area contributed by atoms with Crippen molar-refractivity contribution in [3.8, 4) is 5.75 Å². The Morgan fingerprint density at radius 3 is 2.55 bits per heavy atom. The van der Waals surface area contributed by atoms with Crippen LogP contribution < -0.4 is 10.1 Å². The van der Waals surface area contributed by atoms with Gasteiger partial charge in [0.05, 0.1) is 6.61 Å². The van der Waals surface area contributed by atoms with Crippen LogP contribution in [-0.4, -0.2) is 12.6 Å². The molecule has 2 aromatic carbocycles. The molecule has 1 aliphatic carbocycles. The van der Waals surface area contributed by atoms with Crippen molar-refractivity contribution in [1.29, 1.82) is 0 Å². The molecule has 2 heteroatoms. The smallest absolute Gasteiger partial charge is 0.119 e. The minimum atomic E-state index is 0.618. The van der Waals surface area contributed by atoms with Gasteiger partial charge >= 0.3 is 0 Å². The standard InChI is InChI=1S/C20H25NO/c1-2-3-13-22-18-11-9-17(10-12-18)19-14-20(19)21-15-16-7-5-4-6-8-16/h4-12,19-21H,2-3,13-15H2,1H3/t19?,20-/m0/s1. The molecule has 116 valence electrons. The van der Waals surface area contributed by atoms with Gasteiger partial charge in [-0.3, -0.25) is 0 Å². The minimum absolute atomic E-state index is 0.618. The molecule has 3 rings (SSSR count). The topological polar surface area (TPSA) is 21.3 Å². The molecule has 0 aliphatic heterocycles. The molecule has 0 amide bonds.